The van der Waals surface area contributed by atoms with Gasteiger partial charge in [0.05, 0.1) is 11.3 Å². The van der Waals surface area contributed by atoms with Crippen molar-refractivity contribution in [3.05, 3.63) is 35.1 Å². The molecule has 0 radical (unpaired) electrons. The van der Waals surface area contributed by atoms with E-state index < -0.39 is 0 Å². The van der Waals surface area contributed by atoms with Crippen molar-refractivity contribution in [2.24, 2.45) is 7.05 Å². The summed E-state index contributed by atoms with van der Waals surface area (Å²) in [4.78, 5) is 8.08. The molecule has 1 atom stereocenters. The van der Waals surface area contributed by atoms with Gasteiger partial charge in [-0.2, -0.15) is 0 Å². The van der Waals surface area contributed by atoms with Crippen molar-refractivity contribution in [2.45, 2.75) is 19.4 Å². The number of anilines is 1. The maximum absolute atomic E-state index is 8.97. The average molecular weight is 306 g/mol. The molecule has 0 aliphatic heterocycles. The van der Waals surface area contributed by atoms with E-state index in [1.165, 1.54) is 0 Å². The molecular formula is C14H16ClN5O. The van der Waals surface area contributed by atoms with E-state index >= 15 is 0 Å². The van der Waals surface area contributed by atoms with E-state index in [1.807, 2.05) is 6.92 Å². The van der Waals surface area contributed by atoms with E-state index in [1.54, 1.807) is 30.3 Å². The largest absolute Gasteiger partial charge is 0.396 e. The van der Waals surface area contributed by atoms with Crippen molar-refractivity contribution in [1.82, 2.24) is 19.7 Å². The molecule has 0 saturated carbocycles. The number of nitrogens with zero attached hydrogens (tertiary/aromatic N) is 4. The van der Waals surface area contributed by atoms with E-state index in [9.17, 15) is 0 Å². The van der Waals surface area contributed by atoms with E-state index in [2.05, 4.69) is 32.2 Å². The summed E-state index contributed by atoms with van der Waals surface area (Å²) in [5, 5.41) is 16.7. The van der Waals surface area contributed by atoms with Crippen LogP contribution in [0.25, 0.3) is 0 Å². The normalized spacial score (nSPS) is 11.6. The van der Waals surface area contributed by atoms with Gasteiger partial charge in [0.2, 0.25) is 5.82 Å². The summed E-state index contributed by atoms with van der Waals surface area (Å²) in [6.45, 7) is 2.09. The lowest BCUT2D eigenvalue weighted by Gasteiger charge is -2.15. The van der Waals surface area contributed by atoms with E-state index in [-0.39, 0.29) is 12.6 Å². The molecule has 0 unspecified atom stereocenters. The molecule has 2 aromatic rings. The number of hydrogen-bond donors (Lipinski definition) is 2. The Balaban J connectivity index is 2.24. The summed E-state index contributed by atoms with van der Waals surface area (Å²) >= 11 is 5.92. The van der Waals surface area contributed by atoms with Crippen LogP contribution in [0.5, 0.6) is 0 Å². The van der Waals surface area contributed by atoms with Crippen molar-refractivity contribution in [2.75, 3.05) is 11.9 Å². The fourth-order valence-electron chi connectivity index (χ4n) is 1.70. The standard InChI is InChI=1S/C14H16ClN5O/c1-10(5-6-21)18-12-7-13(15)16-8-11(12)3-4-14-17-9-20(2)19-14/h7-10,21H,5-6H2,1-2H3,(H,16,18)/t10-/m0/s1. The number of aromatic nitrogens is 4. The molecule has 0 spiro atoms. The number of rotatable bonds is 4. The van der Waals surface area contributed by atoms with E-state index in [4.69, 9.17) is 16.7 Å². The van der Waals surface area contributed by atoms with Gasteiger partial charge in [-0.25, -0.2) is 9.97 Å². The lowest BCUT2D eigenvalue weighted by molar-refractivity contribution is 0.282. The zero-order valence-corrected chi connectivity index (χ0v) is 12.6. The second kappa shape index (κ2) is 7.07. The minimum absolute atomic E-state index is 0.0991. The molecule has 2 aromatic heterocycles. The first-order chi connectivity index (χ1) is 10.1. The Kier molecular flexibility index (Phi) is 5.14. The van der Waals surface area contributed by atoms with Crippen molar-refractivity contribution in [3.63, 3.8) is 0 Å². The molecule has 2 heterocycles. The monoisotopic (exact) mass is 305 g/mol. The van der Waals surface area contributed by atoms with Gasteiger partial charge >= 0.3 is 0 Å². The fraction of sp³-hybridized carbons (Fsp3) is 0.357. The molecule has 0 saturated heterocycles. The van der Waals surface area contributed by atoms with Crippen molar-refractivity contribution >= 4 is 17.3 Å². The second-order valence-corrected chi connectivity index (χ2v) is 4.99. The first-order valence-electron chi connectivity index (χ1n) is 6.49. The highest BCUT2D eigenvalue weighted by atomic mass is 35.5. The summed E-state index contributed by atoms with van der Waals surface area (Å²) in [6.07, 6.45) is 3.83. The van der Waals surface area contributed by atoms with Crippen LogP contribution in [0.2, 0.25) is 5.15 Å². The quantitative estimate of drug-likeness (QED) is 0.660. The SMILES string of the molecule is C[C@@H](CCO)Nc1cc(Cl)ncc1C#Cc1ncn(C)n1. The van der Waals surface area contributed by atoms with Crippen LogP contribution in [0.15, 0.2) is 18.6 Å². The van der Waals surface area contributed by atoms with Crippen LogP contribution >= 0.6 is 11.6 Å². The van der Waals surface area contributed by atoms with Gasteiger partial charge in [-0.05, 0) is 25.3 Å². The number of halogens is 1. The molecule has 0 aliphatic rings. The van der Waals surface area contributed by atoms with Crippen molar-refractivity contribution < 1.29 is 5.11 Å². The predicted octanol–water partition coefficient (Wildman–Crippen LogP) is 1.45. The van der Waals surface area contributed by atoms with Gasteiger partial charge in [0.15, 0.2) is 0 Å². The summed E-state index contributed by atoms with van der Waals surface area (Å²) in [6, 6.07) is 1.81. The van der Waals surface area contributed by atoms with Crippen LogP contribution in [0.1, 0.15) is 24.7 Å². The van der Waals surface area contributed by atoms with Crippen molar-refractivity contribution in [1.29, 1.82) is 0 Å². The number of hydrogen-bond acceptors (Lipinski definition) is 5. The summed E-state index contributed by atoms with van der Waals surface area (Å²) in [5.74, 6) is 6.31. The van der Waals surface area contributed by atoms with Gasteiger partial charge in [0.1, 0.15) is 11.5 Å². The molecule has 0 aromatic carbocycles. The molecular weight excluding hydrogens is 290 g/mol. The number of aliphatic hydroxyl groups excluding tert-OH is 1. The molecule has 0 amide bonds. The van der Waals surface area contributed by atoms with Crippen LogP contribution in [0.3, 0.4) is 0 Å². The molecule has 0 aliphatic carbocycles. The predicted molar refractivity (Wildman–Crippen MR) is 81.0 cm³/mol. The highest BCUT2D eigenvalue weighted by molar-refractivity contribution is 6.29. The third-order valence-electron chi connectivity index (χ3n) is 2.74. The van der Waals surface area contributed by atoms with Gasteiger partial charge < -0.3 is 10.4 Å². The Hall–Kier alpha value is -2.10. The molecule has 0 fully saturated rings. The molecule has 0 bridgehead atoms. The number of aryl methyl sites for hydroxylation is 1. The molecule has 6 nitrogen and oxygen atoms in total. The first-order valence-corrected chi connectivity index (χ1v) is 6.87. The topological polar surface area (TPSA) is 75.9 Å². The third kappa shape index (κ3) is 4.45. The first kappa shape index (κ1) is 15.3. The van der Waals surface area contributed by atoms with E-state index in [0.717, 1.165) is 5.69 Å². The molecule has 2 N–H and O–H groups in total. The third-order valence-corrected chi connectivity index (χ3v) is 2.95. The van der Waals surface area contributed by atoms with Gasteiger partial charge in [-0.1, -0.05) is 17.5 Å². The highest BCUT2D eigenvalue weighted by Gasteiger charge is 2.07. The maximum Gasteiger partial charge on any atom is 0.225 e. The lowest BCUT2D eigenvalue weighted by Crippen LogP contribution is -2.17. The van der Waals surface area contributed by atoms with Crippen LogP contribution in [0.4, 0.5) is 5.69 Å². The average Bonchev–Trinajstić information content (AvgIpc) is 2.84. The summed E-state index contributed by atoms with van der Waals surface area (Å²) in [7, 11) is 1.78. The molecule has 2 rings (SSSR count). The van der Waals surface area contributed by atoms with Crippen LogP contribution in [0, 0.1) is 11.8 Å². The van der Waals surface area contributed by atoms with E-state index in [0.29, 0.717) is 23.0 Å². The van der Waals surface area contributed by atoms with Gasteiger partial charge in [-0.3, -0.25) is 4.68 Å². The van der Waals surface area contributed by atoms with Crippen LogP contribution in [-0.4, -0.2) is 37.5 Å². The molecule has 110 valence electrons. The Labute approximate surface area is 128 Å². The minimum atomic E-state index is 0.0991. The van der Waals surface area contributed by atoms with Gasteiger partial charge in [0, 0.05) is 25.9 Å². The van der Waals surface area contributed by atoms with Gasteiger partial charge in [0.25, 0.3) is 0 Å². The van der Waals surface area contributed by atoms with Crippen LogP contribution < -0.4 is 5.32 Å². The molecule has 7 heteroatoms. The number of nitrogens with one attached hydrogen (secondary N) is 1. The van der Waals surface area contributed by atoms with Crippen LogP contribution in [-0.2, 0) is 7.05 Å². The Bertz CT molecular complexity index is 673. The fourth-order valence-corrected chi connectivity index (χ4v) is 1.86. The minimum Gasteiger partial charge on any atom is -0.396 e. The number of pyridine rings is 1. The Morgan fingerprint density at radius 3 is 2.90 bits per heavy atom. The summed E-state index contributed by atoms with van der Waals surface area (Å²) in [5.41, 5.74) is 1.48. The lowest BCUT2D eigenvalue weighted by atomic mass is 10.2. The second-order valence-electron chi connectivity index (χ2n) is 4.60. The Morgan fingerprint density at radius 1 is 1.43 bits per heavy atom. The highest BCUT2D eigenvalue weighted by Crippen LogP contribution is 2.19. The molecule has 21 heavy (non-hydrogen) atoms. The zero-order valence-electron chi connectivity index (χ0n) is 11.8. The maximum atomic E-state index is 8.97. The number of aliphatic hydroxyl groups is 1. The van der Waals surface area contributed by atoms with Gasteiger partial charge in [-0.15, -0.1) is 5.10 Å². The Morgan fingerprint density at radius 2 is 2.24 bits per heavy atom. The van der Waals surface area contributed by atoms with Crippen molar-refractivity contribution in [3.8, 4) is 11.8 Å². The zero-order chi connectivity index (χ0) is 15.2. The summed E-state index contributed by atoms with van der Waals surface area (Å²) < 4.78 is 1.59. The smallest absolute Gasteiger partial charge is 0.225 e.